The van der Waals surface area contributed by atoms with E-state index >= 15 is 0 Å². The Hall–Kier alpha value is -1.28. The number of carbonyl (C=O) groups is 1. The molecular weight excluding hydrogens is 309 g/mol. The fourth-order valence-corrected chi connectivity index (χ4v) is 2.33. The highest BCUT2D eigenvalue weighted by molar-refractivity contribution is 5.85. The third-order valence-corrected chi connectivity index (χ3v) is 3.44. The summed E-state index contributed by atoms with van der Waals surface area (Å²) in [6.07, 6.45) is -1.91. The highest BCUT2D eigenvalue weighted by atomic mass is 35.5. The molecule has 1 aromatic rings. The fraction of sp³-hybridized carbons (Fsp3) is 0.667. The Balaban J connectivity index is 0.00000220. The molecule has 9 heteroatoms. The van der Waals surface area contributed by atoms with Crippen LogP contribution in [-0.4, -0.2) is 39.7 Å². The van der Waals surface area contributed by atoms with Gasteiger partial charge in [0.15, 0.2) is 5.69 Å². The van der Waals surface area contributed by atoms with Gasteiger partial charge >= 0.3 is 6.18 Å². The first kappa shape index (κ1) is 17.8. The zero-order chi connectivity index (χ0) is 14.9. The Morgan fingerprint density at radius 1 is 1.43 bits per heavy atom. The molecule has 1 fully saturated rings. The van der Waals surface area contributed by atoms with E-state index in [9.17, 15) is 18.0 Å². The van der Waals surface area contributed by atoms with E-state index in [-0.39, 0.29) is 24.4 Å². The van der Waals surface area contributed by atoms with E-state index in [1.807, 2.05) is 0 Å². The molecule has 1 amide bonds. The summed E-state index contributed by atoms with van der Waals surface area (Å²) in [6, 6.07) is 0.316. The SMILES string of the molecule is C[C@@H](N)C(=O)N1CCC(n2ccc(C(F)(F)F)n2)CC1.Cl. The van der Waals surface area contributed by atoms with Crippen molar-refractivity contribution < 1.29 is 18.0 Å². The number of rotatable bonds is 2. The molecule has 0 aromatic carbocycles. The Morgan fingerprint density at radius 2 is 2.00 bits per heavy atom. The second-order valence-electron chi connectivity index (χ2n) is 5.02. The summed E-state index contributed by atoms with van der Waals surface area (Å²) in [5.41, 5.74) is 4.65. The summed E-state index contributed by atoms with van der Waals surface area (Å²) < 4.78 is 38.8. The lowest BCUT2D eigenvalue weighted by atomic mass is 10.0. The van der Waals surface area contributed by atoms with Crippen LogP contribution >= 0.6 is 12.4 Å². The van der Waals surface area contributed by atoms with Crippen LogP contribution in [0.2, 0.25) is 0 Å². The maximum Gasteiger partial charge on any atom is 0.435 e. The van der Waals surface area contributed by atoms with Crippen molar-refractivity contribution in [2.45, 2.75) is 38.0 Å². The molecule has 2 heterocycles. The Bertz CT molecular complexity index is 481. The van der Waals surface area contributed by atoms with E-state index in [0.717, 1.165) is 6.07 Å². The lowest BCUT2D eigenvalue weighted by Gasteiger charge is -2.33. The number of hydrogen-bond donors (Lipinski definition) is 1. The summed E-state index contributed by atoms with van der Waals surface area (Å²) in [5, 5.41) is 3.57. The standard InChI is InChI=1S/C12H17F3N4O.ClH/c1-8(16)11(20)18-5-2-9(3-6-18)19-7-4-10(17-19)12(13,14)15;/h4,7-9H,2-3,5-6,16H2,1H3;1H/t8-;/m1./s1. The smallest absolute Gasteiger partial charge is 0.341 e. The fourth-order valence-electron chi connectivity index (χ4n) is 2.33. The van der Waals surface area contributed by atoms with Gasteiger partial charge in [-0.15, -0.1) is 12.4 Å². The summed E-state index contributed by atoms with van der Waals surface area (Å²) in [7, 11) is 0. The molecule has 0 aliphatic carbocycles. The molecule has 0 spiro atoms. The van der Waals surface area contributed by atoms with Gasteiger partial charge in [0.05, 0.1) is 12.1 Å². The number of carbonyl (C=O) groups excluding carboxylic acids is 1. The largest absolute Gasteiger partial charge is 0.435 e. The molecule has 21 heavy (non-hydrogen) atoms. The van der Waals surface area contributed by atoms with Crippen molar-refractivity contribution in [3.05, 3.63) is 18.0 Å². The average molecular weight is 327 g/mol. The number of aromatic nitrogens is 2. The summed E-state index contributed by atoms with van der Waals surface area (Å²) in [6.45, 7) is 2.61. The lowest BCUT2D eigenvalue weighted by molar-refractivity contribution is -0.141. The van der Waals surface area contributed by atoms with Gasteiger partial charge in [0.1, 0.15) is 0 Å². The minimum atomic E-state index is -4.42. The maximum atomic E-state index is 12.5. The van der Waals surface area contributed by atoms with Crippen LogP contribution in [0.5, 0.6) is 0 Å². The van der Waals surface area contributed by atoms with Crippen molar-refractivity contribution in [2.24, 2.45) is 5.73 Å². The first-order valence-corrected chi connectivity index (χ1v) is 6.46. The van der Waals surface area contributed by atoms with Crippen molar-refractivity contribution >= 4 is 18.3 Å². The Kier molecular flexibility index (Phi) is 5.63. The number of piperidine rings is 1. The van der Waals surface area contributed by atoms with E-state index in [4.69, 9.17) is 5.73 Å². The normalized spacial score (nSPS) is 18.2. The van der Waals surface area contributed by atoms with Gasteiger partial charge in [0.25, 0.3) is 0 Å². The number of nitrogens with two attached hydrogens (primary N) is 1. The predicted octanol–water partition coefficient (Wildman–Crippen LogP) is 1.83. The van der Waals surface area contributed by atoms with Crippen LogP contribution in [0.3, 0.4) is 0 Å². The molecule has 0 bridgehead atoms. The van der Waals surface area contributed by atoms with Crippen LogP contribution in [-0.2, 0) is 11.0 Å². The lowest BCUT2D eigenvalue weighted by Crippen LogP contribution is -2.46. The van der Waals surface area contributed by atoms with Crippen molar-refractivity contribution in [1.82, 2.24) is 14.7 Å². The zero-order valence-corrected chi connectivity index (χ0v) is 12.3. The van der Waals surface area contributed by atoms with Gasteiger partial charge in [-0.05, 0) is 25.8 Å². The van der Waals surface area contributed by atoms with Crippen LogP contribution in [0.4, 0.5) is 13.2 Å². The summed E-state index contributed by atoms with van der Waals surface area (Å²) in [5.74, 6) is -0.125. The molecule has 1 aliphatic rings. The molecular formula is C12H18ClF3N4O. The molecule has 0 unspecified atom stereocenters. The monoisotopic (exact) mass is 326 g/mol. The molecule has 1 aromatic heterocycles. The number of nitrogens with zero attached hydrogens (tertiary/aromatic N) is 3. The van der Waals surface area contributed by atoms with Gasteiger partial charge in [-0.25, -0.2) is 0 Å². The quantitative estimate of drug-likeness (QED) is 0.902. The van der Waals surface area contributed by atoms with Gasteiger partial charge in [-0.1, -0.05) is 0 Å². The van der Waals surface area contributed by atoms with Gasteiger partial charge in [-0.3, -0.25) is 9.48 Å². The highest BCUT2D eigenvalue weighted by Gasteiger charge is 2.34. The highest BCUT2D eigenvalue weighted by Crippen LogP contribution is 2.29. The molecule has 1 aliphatic heterocycles. The van der Waals surface area contributed by atoms with Crippen molar-refractivity contribution in [3.8, 4) is 0 Å². The Labute approximate surface area is 126 Å². The van der Waals surface area contributed by atoms with Gasteiger partial charge < -0.3 is 10.6 Å². The maximum absolute atomic E-state index is 12.5. The number of likely N-dealkylation sites (tertiary alicyclic amines) is 1. The predicted molar refractivity (Wildman–Crippen MR) is 73.0 cm³/mol. The Morgan fingerprint density at radius 3 is 2.43 bits per heavy atom. The van der Waals surface area contributed by atoms with E-state index in [2.05, 4.69) is 5.10 Å². The number of halogens is 4. The number of amides is 1. The summed E-state index contributed by atoms with van der Waals surface area (Å²) in [4.78, 5) is 13.4. The molecule has 1 saturated heterocycles. The van der Waals surface area contributed by atoms with Crippen LogP contribution in [0, 0.1) is 0 Å². The first-order chi connectivity index (χ1) is 9.29. The molecule has 5 nitrogen and oxygen atoms in total. The van der Waals surface area contributed by atoms with E-state index < -0.39 is 17.9 Å². The molecule has 0 saturated carbocycles. The zero-order valence-electron chi connectivity index (χ0n) is 11.5. The van der Waals surface area contributed by atoms with E-state index in [1.54, 1.807) is 11.8 Å². The molecule has 1 atom stereocenters. The van der Waals surface area contributed by atoms with Crippen molar-refractivity contribution in [1.29, 1.82) is 0 Å². The second kappa shape index (κ2) is 6.65. The van der Waals surface area contributed by atoms with Crippen molar-refractivity contribution in [3.63, 3.8) is 0 Å². The van der Waals surface area contributed by atoms with Crippen LogP contribution in [0.25, 0.3) is 0 Å². The average Bonchev–Trinajstić information content (AvgIpc) is 2.87. The van der Waals surface area contributed by atoms with Crippen molar-refractivity contribution in [2.75, 3.05) is 13.1 Å². The van der Waals surface area contributed by atoms with Gasteiger partial charge in [0.2, 0.25) is 5.91 Å². The van der Waals surface area contributed by atoms with Crippen LogP contribution in [0.1, 0.15) is 31.5 Å². The van der Waals surface area contributed by atoms with E-state index in [0.29, 0.717) is 25.9 Å². The molecule has 2 rings (SSSR count). The third kappa shape index (κ3) is 4.10. The van der Waals surface area contributed by atoms with E-state index in [1.165, 1.54) is 10.9 Å². The molecule has 0 radical (unpaired) electrons. The molecule has 2 N–H and O–H groups in total. The second-order valence-corrected chi connectivity index (χ2v) is 5.02. The molecule has 120 valence electrons. The number of hydrogen-bond acceptors (Lipinski definition) is 3. The minimum absolute atomic E-state index is 0. The van der Waals surface area contributed by atoms with Gasteiger partial charge in [0, 0.05) is 19.3 Å². The van der Waals surface area contributed by atoms with Crippen LogP contribution in [0.15, 0.2) is 12.3 Å². The third-order valence-electron chi connectivity index (χ3n) is 3.44. The first-order valence-electron chi connectivity index (χ1n) is 6.46. The van der Waals surface area contributed by atoms with Gasteiger partial charge in [-0.2, -0.15) is 18.3 Å². The topological polar surface area (TPSA) is 64.2 Å². The summed E-state index contributed by atoms with van der Waals surface area (Å²) >= 11 is 0. The minimum Gasteiger partial charge on any atom is -0.341 e. The number of alkyl halides is 3. The van der Waals surface area contributed by atoms with Crippen LogP contribution < -0.4 is 5.73 Å².